The zero-order valence-corrected chi connectivity index (χ0v) is 9.90. The summed E-state index contributed by atoms with van der Waals surface area (Å²) < 4.78 is 10.4. The maximum atomic E-state index is 6.07. The molecule has 3 nitrogen and oxygen atoms in total. The van der Waals surface area contributed by atoms with Gasteiger partial charge < -0.3 is 15.2 Å². The lowest BCUT2D eigenvalue weighted by Crippen LogP contribution is -2.10. The molecule has 3 heteroatoms. The van der Waals surface area contributed by atoms with Crippen molar-refractivity contribution in [3.05, 3.63) is 36.4 Å². The summed E-state index contributed by atoms with van der Waals surface area (Å²) >= 11 is 0. The smallest absolute Gasteiger partial charge is 0.122 e. The summed E-state index contributed by atoms with van der Waals surface area (Å²) in [4.78, 5) is 0. The van der Waals surface area contributed by atoms with Gasteiger partial charge in [-0.15, -0.1) is 6.58 Å². The van der Waals surface area contributed by atoms with Crippen molar-refractivity contribution >= 4 is 0 Å². The van der Waals surface area contributed by atoms with Gasteiger partial charge in [0.25, 0.3) is 0 Å². The number of hydrogen-bond acceptors (Lipinski definition) is 3. The Morgan fingerprint density at radius 2 is 1.81 bits per heavy atom. The molecule has 16 heavy (non-hydrogen) atoms. The number of hydrogen-bond donors (Lipinski definition) is 1. The van der Waals surface area contributed by atoms with E-state index < -0.39 is 0 Å². The maximum Gasteiger partial charge on any atom is 0.122 e. The summed E-state index contributed by atoms with van der Waals surface area (Å²) in [6.07, 6.45) is 3.65. The first-order valence-corrected chi connectivity index (χ1v) is 5.30. The third-order valence-electron chi connectivity index (χ3n) is 2.48. The van der Waals surface area contributed by atoms with Crippen LogP contribution in [0, 0.1) is 0 Å². The molecule has 0 aliphatic rings. The molecule has 0 saturated heterocycles. The van der Waals surface area contributed by atoms with Crippen LogP contribution < -0.4 is 15.2 Å². The molecule has 1 aromatic rings. The molecule has 0 radical (unpaired) electrons. The van der Waals surface area contributed by atoms with Crippen LogP contribution >= 0.6 is 0 Å². The molecule has 0 saturated carbocycles. The monoisotopic (exact) mass is 221 g/mol. The minimum absolute atomic E-state index is 0.0120. The van der Waals surface area contributed by atoms with E-state index in [1.165, 1.54) is 0 Å². The molecule has 0 heterocycles. The normalized spacial score (nSPS) is 11.9. The van der Waals surface area contributed by atoms with Crippen LogP contribution in [0.3, 0.4) is 0 Å². The van der Waals surface area contributed by atoms with Crippen LogP contribution in [0.2, 0.25) is 0 Å². The van der Waals surface area contributed by atoms with Gasteiger partial charge in [0.05, 0.1) is 14.2 Å². The second kappa shape index (κ2) is 6.18. The number of benzene rings is 1. The molecule has 1 rings (SSSR count). The Kier molecular flexibility index (Phi) is 4.86. The summed E-state index contributed by atoms with van der Waals surface area (Å²) in [7, 11) is 3.27. The standard InChI is InChI=1S/C13H19NO2/c1-4-5-6-13(14)10-7-11(15-2)9-12(8-10)16-3/h4,7-9,13H,1,5-6,14H2,2-3H3/t13-/m0/s1. The molecule has 1 atom stereocenters. The maximum absolute atomic E-state index is 6.07. The molecule has 0 aromatic heterocycles. The molecule has 88 valence electrons. The van der Waals surface area contributed by atoms with E-state index in [1.54, 1.807) is 14.2 Å². The molecule has 0 amide bonds. The fourth-order valence-corrected chi connectivity index (χ4v) is 1.51. The lowest BCUT2D eigenvalue weighted by molar-refractivity contribution is 0.392. The first kappa shape index (κ1) is 12.6. The van der Waals surface area contributed by atoms with Gasteiger partial charge in [-0.3, -0.25) is 0 Å². The van der Waals surface area contributed by atoms with Gasteiger partial charge in [-0.2, -0.15) is 0 Å². The van der Waals surface area contributed by atoms with Gasteiger partial charge in [0.15, 0.2) is 0 Å². The summed E-state index contributed by atoms with van der Waals surface area (Å²) in [5, 5.41) is 0. The van der Waals surface area contributed by atoms with E-state index in [0.29, 0.717) is 0 Å². The number of allylic oxidation sites excluding steroid dienone is 1. The van der Waals surface area contributed by atoms with Crippen molar-refractivity contribution < 1.29 is 9.47 Å². The Bertz CT molecular complexity index is 328. The van der Waals surface area contributed by atoms with E-state index in [1.807, 2.05) is 24.3 Å². The largest absolute Gasteiger partial charge is 0.497 e. The van der Waals surface area contributed by atoms with Gasteiger partial charge in [-0.1, -0.05) is 6.08 Å². The Morgan fingerprint density at radius 1 is 1.25 bits per heavy atom. The zero-order chi connectivity index (χ0) is 12.0. The van der Waals surface area contributed by atoms with E-state index >= 15 is 0 Å². The Morgan fingerprint density at radius 3 is 2.25 bits per heavy atom. The molecule has 0 fully saturated rings. The molecule has 0 spiro atoms. The molecule has 0 unspecified atom stereocenters. The average Bonchev–Trinajstić information content (AvgIpc) is 2.35. The van der Waals surface area contributed by atoms with Crippen LogP contribution in [0.4, 0.5) is 0 Å². The van der Waals surface area contributed by atoms with Crippen LogP contribution in [-0.4, -0.2) is 14.2 Å². The summed E-state index contributed by atoms with van der Waals surface area (Å²) in [5.74, 6) is 1.53. The SMILES string of the molecule is C=CCC[C@H](N)c1cc(OC)cc(OC)c1. The summed E-state index contributed by atoms with van der Waals surface area (Å²) in [6, 6.07) is 5.71. The van der Waals surface area contributed by atoms with Gasteiger partial charge in [-0.05, 0) is 30.5 Å². The third-order valence-corrected chi connectivity index (χ3v) is 2.48. The lowest BCUT2D eigenvalue weighted by Gasteiger charge is -2.13. The van der Waals surface area contributed by atoms with Crippen molar-refractivity contribution in [2.24, 2.45) is 5.73 Å². The van der Waals surface area contributed by atoms with Crippen molar-refractivity contribution in [3.8, 4) is 11.5 Å². The van der Waals surface area contributed by atoms with Crippen molar-refractivity contribution in [1.29, 1.82) is 0 Å². The molecule has 1 aromatic carbocycles. The van der Waals surface area contributed by atoms with Crippen molar-refractivity contribution in [1.82, 2.24) is 0 Å². The van der Waals surface area contributed by atoms with Gasteiger partial charge in [-0.25, -0.2) is 0 Å². The Hall–Kier alpha value is -1.48. The molecule has 2 N–H and O–H groups in total. The molecule has 0 aliphatic carbocycles. The van der Waals surface area contributed by atoms with Crippen LogP contribution in [0.25, 0.3) is 0 Å². The number of ether oxygens (including phenoxy) is 2. The first-order chi connectivity index (χ1) is 7.71. The van der Waals surface area contributed by atoms with Crippen LogP contribution in [-0.2, 0) is 0 Å². The molecular formula is C13H19NO2. The van der Waals surface area contributed by atoms with Crippen molar-refractivity contribution in [3.63, 3.8) is 0 Å². The molecule has 0 bridgehead atoms. The van der Waals surface area contributed by atoms with Gasteiger partial charge in [0.1, 0.15) is 11.5 Å². The summed E-state index contributed by atoms with van der Waals surface area (Å²) in [5.41, 5.74) is 7.10. The molecule has 0 aliphatic heterocycles. The second-order valence-corrected chi connectivity index (χ2v) is 3.62. The second-order valence-electron chi connectivity index (χ2n) is 3.62. The van der Waals surface area contributed by atoms with E-state index in [9.17, 15) is 0 Å². The number of nitrogens with two attached hydrogens (primary N) is 1. The highest BCUT2D eigenvalue weighted by Crippen LogP contribution is 2.27. The zero-order valence-electron chi connectivity index (χ0n) is 9.90. The highest BCUT2D eigenvalue weighted by atomic mass is 16.5. The fraction of sp³-hybridized carbons (Fsp3) is 0.385. The first-order valence-electron chi connectivity index (χ1n) is 5.30. The highest BCUT2D eigenvalue weighted by molar-refractivity contribution is 5.39. The molecular weight excluding hydrogens is 202 g/mol. The number of rotatable bonds is 6. The van der Waals surface area contributed by atoms with E-state index in [2.05, 4.69) is 6.58 Å². The Labute approximate surface area is 96.9 Å². The number of methoxy groups -OCH3 is 2. The quantitative estimate of drug-likeness (QED) is 0.751. The summed E-state index contributed by atoms with van der Waals surface area (Å²) in [6.45, 7) is 3.69. The topological polar surface area (TPSA) is 44.5 Å². The fourth-order valence-electron chi connectivity index (χ4n) is 1.51. The van der Waals surface area contributed by atoms with E-state index in [0.717, 1.165) is 29.9 Å². The van der Waals surface area contributed by atoms with Gasteiger partial charge in [0, 0.05) is 12.1 Å². The van der Waals surface area contributed by atoms with Crippen LogP contribution in [0.1, 0.15) is 24.4 Å². The van der Waals surface area contributed by atoms with Crippen LogP contribution in [0.5, 0.6) is 11.5 Å². The van der Waals surface area contributed by atoms with E-state index in [-0.39, 0.29) is 6.04 Å². The van der Waals surface area contributed by atoms with Crippen molar-refractivity contribution in [2.75, 3.05) is 14.2 Å². The predicted molar refractivity (Wildman–Crippen MR) is 65.9 cm³/mol. The van der Waals surface area contributed by atoms with E-state index in [4.69, 9.17) is 15.2 Å². The minimum atomic E-state index is -0.0120. The third kappa shape index (κ3) is 3.28. The lowest BCUT2D eigenvalue weighted by atomic mass is 10.0. The Balaban J connectivity index is 2.88. The van der Waals surface area contributed by atoms with Gasteiger partial charge >= 0.3 is 0 Å². The predicted octanol–water partition coefficient (Wildman–Crippen LogP) is 2.67. The van der Waals surface area contributed by atoms with Crippen LogP contribution in [0.15, 0.2) is 30.9 Å². The van der Waals surface area contributed by atoms with Crippen molar-refractivity contribution in [2.45, 2.75) is 18.9 Å². The average molecular weight is 221 g/mol. The van der Waals surface area contributed by atoms with Gasteiger partial charge in [0.2, 0.25) is 0 Å². The highest BCUT2D eigenvalue weighted by Gasteiger charge is 2.08. The minimum Gasteiger partial charge on any atom is -0.497 e.